The van der Waals surface area contributed by atoms with E-state index in [1.807, 2.05) is 0 Å². The van der Waals surface area contributed by atoms with E-state index in [2.05, 4.69) is 38.7 Å². The summed E-state index contributed by atoms with van der Waals surface area (Å²) in [6, 6.07) is 0. The van der Waals surface area contributed by atoms with Crippen LogP contribution in [0.3, 0.4) is 0 Å². The van der Waals surface area contributed by atoms with Crippen LogP contribution in [0.5, 0.6) is 0 Å². The molecule has 0 saturated heterocycles. The van der Waals surface area contributed by atoms with Crippen molar-refractivity contribution in [2.75, 3.05) is 0 Å². The smallest absolute Gasteiger partial charge is 0.184 e. The van der Waals surface area contributed by atoms with Gasteiger partial charge in [-0.1, -0.05) is 19.1 Å². The Balaban J connectivity index is 2.43. The van der Waals surface area contributed by atoms with Crippen molar-refractivity contribution in [3.05, 3.63) is 12.2 Å². The highest BCUT2D eigenvalue weighted by molar-refractivity contribution is 6.69. The van der Waals surface area contributed by atoms with Crippen molar-refractivity contribution in [1.29, 1.82) is 0 Å². The molecule has 0 bridgehead atoms. The summed E-state index contributed by atoms with van der Waals surface area (Å²) in [7, 11) is -1.32. The molecule has 0 radical (unpaired) electrons. The van der Waals surface area contributed by atoms with E-state index in [-0.39, 0.29) is 0 Å². The lowest BCUT2D eigenvalue weighted by molar-refractivity contribution is 0.193. The normalized spacial score (nSPS) is 31.3. The van der Waals surface area contributed by atoms with Crippen LogP contribution in [0.25, 0.3) is 0 Å². The summed E-state index contributed by atoms with van der Waals surface area (Å²) in [6.45, 7) is 8.98. The summed E-state index contributed by atoms with van der Waals surface area (Å²) >= 11 is 0. The molecule has 0 saturated carbocycles. The van der Waals surface area contributed by atoms with Gasteiger partial charge in [-0.25, -0.2) is 0 Å². The van der Waals surface area contributed by atoms with Crippen molar-refractivity contribution in [3.8, 4) is 0 Å². The average molecular weight is 170 g/mol. The minimum atomic E-state index is -1.32. The predicted molar refractivity (Wildman–Crippen MR) is 51.1 cm³/mol. The van der Waals surface area contributed by atoms with Gasteiger partial charge in [0.15, 0.2) is 8.32 Å². The first-order valence-electron chi connectivity index (χ1n) is 4.33. The SMILES string of the molecule is CC1CC=CC1O[Si](C)(C)C. The maximum atomic E-state index is 5.96. The zero-order valence-electron chi connectivity index (χ0n) is 7.92. The maximum Gasteiger partial charge on any atom is 0.184 e. The van der Waals surface area contributed by atoms with Gasteiger partial charge in [0.05, 0.1) is 6.10 Å². The molecule has 2 atom stereocenters. The Hall–Kier alpha value is -0.0831. The van der Waals surface area contributed by atoms with Crippen molar-refractivity contribution in [1.82, 2.24) is 0 Å². The third-order valence-corrected chi connectivity index (χ3v) is 2.86. The highest BCUT2D eigenvalue weighted by Gasteiger charge is 2.25. The lowest BCUT2D eigenvalue weighted by Crippen LogP contribution is -2.32. The van der Waals surface area contributed by atoms with Gasteiger partial charge in [0.25, 0.3) is 0 Å². The molecule has 0 fully saturated rings. The minimum absolute atomic E-state index is 0.404. The molecule has 0 spiro atoms. The molecular formula is C9H18OSi. The van der Waals surface area contributed by atoms with Crippen LogP contribution in [0, 0.1) is 5.92 Å². The van der Waals surface area contributed by atoms with Crippen molar-refractivity contribution in [2.24, 2.45) is 5.92 Å². The quantitative estimate of drug-likeness (QED) is 0.457. The number of rotatable bonds is 2. The van der Waals surface area contributed by atoms with Crippen molar-refractivity contribution >= 4 is 8.32 Å². The molecule has 1 rings (SSSR count). The van der Waals surface area contributed by atoms with E-state index in [1.54, 1.807) is 0 Å². The van der Waals surface area contributed by atoms with E-state index in [9.17, 15) is 0 Å². The summed E-state index contributed by atoms with van der Waals surface area (Å²) in [5.74, 6) is 0.696. The highest BCUT2D eigenvalue weighted by atomic mass is 28.4. The predicted octanol–water partition coefficient (Wildman–Crippen LogP) is 2.80. The highest BCUT2D eigenvalue weighted by Crippen LogP contribution is 2.23. The fraction of sp³-hybridized carbons (Fsp3) is 0.778. The molecule has 1 nitrogen and oxygen atoms in total. The molecule has 1 aliphatic rings. The molecule has 11 heavy (non-hydrogen) atoms. The second-order valence-electron chi connectivity index (χ2n) is 4.34. The van der Waals surface area contributed by atoms with Crippen LogP contribution in [0.4, 0.5) is 0 Å². The molecule has 64 valence electrons. The Kier molecular flexibility index (Phi) is 2.55. The van der Waals surface area contributed by atoms with Crippen LogP contribution in [0.2, 0.25) is 19.6 Å². The molecule has 0 aromatic heterocycles. The van der Waals surface area contributed by atoms with Gasteiger partial charge in [-0.2, -0.15) is 0 Å². The Morgan fingerprint density at radius 3 is 2.36 bits per heavy atom. The van der Waals surface area contributed by atoms with Gasteiger partial charge in [0.1, 0.15) is 0 Å². The van der Waals surface area contributed by atoms with E-state index >= 15 is 0 Å². The molecule has 0 aromatic rings. The van der Waals surface area contributed by atoms with Crippen LogP contribution in [-0.2, 0) is 4.43 Å². The first-order valence-corrected chi connectivity index (χ1v) is 7.74. The minimum Gasteiger partial charge on any atom is -0.411 e. The molecule has 0 aromatic carbocycles. The van der Waals surface area contributed by atoms with E-state index in [0.717, 1.165) is 0 Å². The van der Waals surface area contributed by atoms with E-state index in [4.69, 9.17) is 4.43 Å². The van der Waals surface area contributed by atoms with E-state index < -0.39 is 8.32 Å². The van der Waals surface area contributed by atoms with Gasteiger partial charge in [-0.3, -0.25) is 0 Å². The summed E-state index contributed by atoms with van der Waals surface area (Å²) in [5, 5.41) is 0. The fourth-order valence-electron chi connectivity index (χ4n) is 1.31. The summed E-state index contributed by atoms with van der Waals surface area (Å²) < 4.78 is 5.96. The Labute approximate surface area is 70.6 Å². The van der Waals surface area contributed by atoms with Crippen LogP contribution in [0.15, 0.2) is 12.2 Å². The molecule has 0 amide bonds. The second kappa shape index (κ2) is 3.11. The summed E-state index contributed by atoms with van der Waals surface area (Å²) in [5.41, 5.74) is 0. The van der Waals surface area contributed by atoms with E-state index in [1.165, 1.54) is 6.42 Å². The third-order valence-electron chi connectivity index (χ3n) is 1.88. The third kappa shape index (κ3) is 2.79. The van der Waals surface area contributed by atoms with E-state index in [0.29, 0.717) is 12.0 Å². The van der Waals surface area contributed by atoms with Gasteiger partial charge in [-0.05, 0) is 32.0 Å². The zero-order valence-corrected chi connectivity index (χ0v) is 8.92. The van der Waals surface area contributed by atoms with Crippen LogP contribution >= 0.6 is 0 Å². The first-order chi connectivity index (χ1) is 4.99. The lowest BCUT2D eigenvalue weighted by atomic mass is 10.1. The fourth-order valence-corrected chi connectivity index (χ4v) is 2.44. The molecule has 0 N–H and O–H groups in total. The molecule has 0 heterocycles. The Morgan fingerprint density at radius 1 is 1.36 bits per heavy atom. The van der Waals surface area contributed by atoms with Crippen molar-refractivity contribution in [3.63, 3.8) is 0 Å². The molecule has 2 heteroatoms. The molecule has 1 aliphatic carbocycles. The Morgan fingerprint density at radius 2 is 2.00 bits per heavy atom. The van der Waals surface area contributed by atoms with Crippen LogP contribution < -0.4 is 0 Å². The number of allylic oxidation sites excluding steroid dienone is 1. The molecular weight excluding hydrogens is 152 g/mol. The zero-order chi connectivity index (χ0) is 8.48. The first kappa shape index (κ1) is 9.01. The molecule has 2 unspecified atom stereocenters. The van der Waals surface area contributed by atoms with Crippen LogP contribution in [-0.4, -0.2) is 14.4 Å². The largest absolute Gasteiger partial charge is 0.411 e. The summed E-state index contributed by atoms with van der Waals surface area (Å²) in [6.07, 6.45) is 6.04. The standard InChI is InChI=1S/C9H18OSi/c1-8-6-5-7-9(8)10-11(2,3)4/h5,7-9H,6H2,1-4H3. The monoisotopic (exact) mass is 170 g/mol. The number of hydrogen-bond donors (Lipinski definition) is 0. The topological polar surface area (TPSA) is 9.23 Å². The Bertz CT molecular complexity index is 157. The van der Waals surface area contributed by atoms with Gasteiger partial charge in [-0.15, -0.1) is 0 Å². The number of hydrogen-bond acceptors (Lipinski definition) is 1. The molecule has 0 aliphatic heterocycles. The lowest BCUT2D eigenvalue weighted by Gasteiger charge is -2.25. The second-order valence-corrected chi connectivity index (χ2v) is 8.80. The van der Waals surface area contributed by atoms with Crippen LogP contribution in [0.1, 0.15) is 13.3 Å². The van der Waals surface area contributed by atoms with Crippen molar-refractivity contribution < 1.29 is 4.43 Å². The average Bonchev–Trinajstić information content (AvgIpc) is 2.12. The maximum absolute atomic E-state index is 5.96. The summed E-state index contributed by atoms with van der Waals surface area (Å²) in [4.78, 5) is 0. The van der Waals surface area contributed by atoms with Crippen molar-refractivity contribution in [2.45, 2.75) is 39.1 Å². The van der Waals surface area contributed by atoms with Gasteiger partial charge in [0.2, 0.25) is 0 Å². The van der Waals surface area contributed by atoms with Gasteiger partial charge in [0, 0.05) is 0 Å². The van der Waals surface area contributed by atoms with Gasteiger partial charge >= 0.3 is 0 Å². The van der Waals surface area contributed by atoms with Gasteiger partial charge < -0.3 is 4.43 Å².